The largest absolute Gasteiger partial charge is 0.479 e. The van der Waals surface area contributed by atoms with E-state index >= 15 is 0 Å². The van der Waals surface area contributed by atoms with Gasteiger partial charge in [0.05, 0.1) is 15.9 Å². The second kappa shape index (κ2) is 6.33. The normalized spacial score (nSPS) is 12.1. The van der Waals surface area contributed by atoms with Gasteiger partial charge >= 0.3 is 5.97 Å². The minimum atomic E-state index is -1.09. The molecule has 1 unspecified atom stereocenters. The first-order valence-electron chi connectivity index (χ1n) is 7.14. The molecule has 3 rings (SSSR count). The van der Waals surface area contributed by atoms with Crippen molar-refractivity contribution in [3.05, 3.63) is 57.8 Å². The van der Waals surface area contributed by atoms with Crippen LogP contribution in [0.15, 0.2) is 47.3 Å². The molecule has 0 spiro atoms. The Morgan fingerprint density at radius 2 is 2.04 bits per heavy atom. The fraction of sp³-hybridized carbons (Fsp3) is 0.118. The van der Waals surface area contributed by atoms with Gasteiger partial charge in [0.25, 0.3) is 5.56 Å². The predicted molar refractivity (Wildman–Crippen MR) is 90.5 cm³/mol. The molecule has 0 fully saturated rings. The van der Waals surface area contributed by atoms with Crippen molar-refractivity contribution >= 4 is 28.5 Å². The molecule has 0 radical (unpaired) electrons. The van der Waals surface area contributed by atoms with E-state index in [0.29, 0.717) is 22.3 Å². The number of carbonyl (C=O) groups is 1. The van der Waals surface area contributed by atoms with Crippen LogP contribution >= 0.6 is 11.6 Å². The second-order valence-electron chi connectivity index (χ2n) is 5.18. The summed E-state index contributed by atoms with van der Waals surface area (Å²) in [5, 5.41) is 9.62. The van der Waals surface area contributed by atoms with Crippen molar-refractivity contribution in [3.8, 4) is 17.1 Å². The topological polar surface area (TPSA) is 92.3 Å². The molecule has 3 aromatic rings. The molecule has 0 saturated carbocycles. The van der Waals surface area contributed by atoms with Crippen LogP contribution in [0.2, 0.25) is 5.02 Å². The van der Waals surface area contributed by atoms with E-state index in [-0.39, 0.29) is 16.3 Å². The molecule has 1 aromatic heterocycles. The molecular formula is C17H13ClN2O4. The Kier molecular flexibility index (Phi) is 4.22. The summed E-state index contributed by atoms with van der Waals surface area (Å²) in [6.07, 6.45) is -1.02. The number of hydrogen-bond acceptors (Lipinski definition) is 4. The average molecular weight is 345 g/mol. The lowest BCUT2D eigenvalue weighted by molar-refractivity contribution is -0.144. The quantitative estimate of drug-likeness (QED) is 0.758. The van der Waals surface area contributed by atoms with Crippen LogP contribution in [-0.4, -0.2) is 27.1 Å². The van der Waals surface area contributed by atoms with Gasteiger partial charge in [0.1, 0.15) is 11.6 Å². The van der Waals surface area contributed by atoms with Gasteiger partial charge in [-0.15, -0.1) is 0 Å². The molecule has 24 heavy (non-hydrogen) atoms. The van der Waals surface area contributed by atoms with E-state index in [1.807, 2.05) is 0 Å². The number of para-hydroxylation sites is 1. The van der Waals surface area contributed by atoms with Crippen molar-refractivity contribution in [1.29, 1.82) is 0 Å². The van der Waals surface area contributed by atoms with Crippen molar-refractivity contribution in [3.63, 3.8) is 0 Å². The van der Waals surface area contributed by atoms with E-state index in [1.54, 1.807) is 42.5 Å². The van der Waals surface area contributed by atoms with Gasteiger partial charge in [-0.05, 0) is 37.3 Å². The number of fused-ring (bicyclic) bond motifs is 1. The number of rotatable bonds is 4. The molecule has 0 aliphatic rings. The van der Waals surface area contributed by atoms with Crippen molar-refractivity contribution in [1.82, 2.24) is 9.97 Å². The Bertz CT molecular complexity index is 984. The maximum absolute atomic E-state index is 12.1. The zero-order valence-electron chi connectivity index (χ0n) is 12.6. The lowest BCUT2D eigenvalue weighted by Crippen LogP contribution is -2.23. The van der Waals surface area contributed by atoms with Crippen molar-refractivity contribution in [2.45, 2.75) is 13.0 Å². The third kappa shape index (κ3) is 3.09. The van der Waals surface area contributed by atoms with Gasteiger partial charge in [0, 0.05) is 5.56 Å². The molecule has 2 aromatic carbocycles. The highest BCUT2D eigenvalue weighted by atomic mass is 35.5. The van der Waals surface area contributed by atoms with E-state index in [2.05, 4.69) is 9.97 Å². The lowest BCUT2D eigenvalue weighted by Gasteiger charge is -2.12. The van der Waals surface area contributed by atoms with Gasteiger partial charge in [-0.2, -0.15) is 0 Å². The number of ether oxygens (including phenoxy) is 1. The van der Waals surface area contributed by atoms with E-state index in [0.717, 1.165) is 0 Å². The average Bonchev–Trinajstić information content (AvgIpc) is 2.56. The van der Waals surface area contributed by atoms with Gasteiger partial charge < -0.3 is 14.8 Å². The fourth-order valence-electron chi connectivity index (χ4n) is 2.21. The lowest BCUT2D eigenvalue weighted by atomic mass is 10.2. The molecule has 0 amide bonds. The molecule has 122 valence electrons. The number of hydrogen-bond donors (Lipinski definition) is 2. The number of nitrogens with zero attached hydrogens (tertiary/aromatic N) is 1. The monoisotopic (exact) mass is 344 g/mol. The van der Waals surface area contributed by atoms with Crippen LogP contribution < -0.4 is 10.3 Å². The summed E-state index contributed by atoms with van der Waals surface area (Å²) in [5.74, 6) is -0.465. The first-order chi connectivity index (χ1) is 11.5. The Hall–Kier alpha value is -2.86. The molecule has 6 nitrogen and oxygen atoms in total. The van der Waals surface area contributed by atoms with Gasteiger partial charge in [-0.1, -0.05) is 23.7 Å². The van der Waals surface area contributed by atoms with E-state index in [1.165, 1.54) is 6.92 Å². The van der Waals surface area contributed by atoms with Crippen LogP contribution in [0.25, 0.3) is 22.3 Å². The Morgan fingerprint density at radius 3 is 2.75 bits per heavy atom. The maximum atomic E-state index is 12.1. The summed E-state index contributed by atoms with van der Waals surface area (Å²) in [6, 6.07) is 11.8. The standard InChI is InChI=1S/C17H13ClN2O4/c1-9(17(22)23)24-14-7-6-10(8-12(14)18)15-19-13-5-3-2-4-11(13)16(21)20-15/h2-9H,1H3,(H,22,23)(H,19,20,21). The summed E-state index contributed by atoms with van der Waals surface area (Å²) in [7, 11) is 0. The molecule has 1 heterocycles. The number of aromatic amines is 1. The molecule has 1 atom stereocenters. The minimum absolute atomic E-state index is 0.233. The predicted octanol–water partition coefficient (Wildman–Crippen LogP) is 3.10. The van der Waals surface area contributed by atoms with Crippen molar-refractivity contribution < 1.29 is 14.6 Å². The number of nitrogens with one attached hydrogen (secondary N) is 1. The third-order valence-electron chi connectivity index (χ3n) is 3.47. The smallest absolute Gasteiger partial charge is 0.344 e. The van der Waals surface area contributed by atoms with Crippen molar-refractivity contribution in [2.24, 2.45) is 0 Å². The zero-order valence-corrected chi connectivity index (χ0v) is 13.4. The van der Waals surface area contributed by atoms with Crippen LogP contribution in [0, 0.1) is 0 Å². The molecule has 7 heteroatoms. The SMILES string of the molecule is CC(Oc1ccc(-c2nc3ccccc3c(=O)[nH]2)cc1Cl)C(=O)O. The van der Waals surface area contributed by atoms with E-state index in [4.69, 9.17) is 21.4 Å². The van der Waals surface area contributed by atoms with Gasteiger partial charge in [-0.25, -0.2) is 9.78 Å². The first-order valence-corrected chi connectivity index (χ1v) is 7.52. The number of carboxylic acid groups (broad SMARTS) is 1. The Labute approximate surface area is 141 Å². The van der Waals surface area contributed by atoms with Crippen LogP contribution in [0.4, 0.5) is 0 Å². The molecule has 0 bridgehead atoms. The second-order valence-corrected chi connectivity index (χ2v) is 5.58. The molecule has 2 N–H and O–H groups in total. The number of aromatic nitrogens is 2. The van der Waals surface area contributed by atoms with E-state index < -0.39 is 12.1 Å². The molecule has 0 aliphatic carbocycles. The molecular weight excluding hydrogens is 332 g/mol. The van der Waals surface area contributed by atoms with Crippen LogP contribution in [-0.2, 0) is 4.79 Å². The zero-order chi connectivity index (χ0) is 17.3. The van der Waals surface area contributed by atoms with Gasteiger partial charge in [0.2, 0.25) is 0 Å². The Morgan fingerprint density at radius 1 is 1.29 bits per heavy atom. The van der Waals surface area contributed by atoms with Crippen molar-refractivity contribution in [2.75, 3.05) is 0 Å². The number of carboxylic acids is 1. The summed E-state index contributed by atoms with van der Waals surface area (Å²) >= 11 is 6.15. The summed E-state index contributed by atoms with van der Waals surface area (Å²) in [4.78, 5) is 30.1. The highest BCUT2D eigenvalue weighted by Gasteiger charge is 2.15. The number of benzene rings is 2. The number of aliphatic carboxylic acids is 1. The third-order valence-corrected chi connectivity index (χ3v) is 3.77. The number of H-pyrrole nitrogens is 1. The van der Waals surface area contributed by atoms with Gasteiger partial charge in [-0.3, -0.25) is 4.79 Å². The van der Waals surface area contributed by atoms with Gasteiger partial charge in [0.15, 0.2) is 6.10 Å². The summed E-state index contributed by atoms with van der Waals surface area (Å²) in [6.45, 7) is 1.41. The highest BCUT2D eigenvalue weighted by Crippen LogP contribution is 2.30. The molecule has 0 saturated heterocycles. The minimum Gasteiger partial charge on any atom is -0.479 e. The maximum Gasteiger partial charge on any atom is 0.344 e. The Balaban J connectivity index is 2.00. The molecule has 0 aliphatic heterocycles. The number of halogens is 1. The summed E-state index contributed by atoms with van der Waals surface area (Å²) < 4.78 is 5.27. The first kappa shape index (κ1) is 16.0. The van der Waals surface area contributed by atoms with E-state index in [9.17, 15) is 9.59 Å². The summed E-state index contributed by atoms with van der Waals surface area (Å²) in [5.41, 5.74) is 0.928. The highest BCUT2D eigenvalue weighted by molar-refractivity contribution is 6.32. The fourth-order valence-corrected chi connectivity index (χ4v) is 2.43. The van der Waals surface area contributed by atoms with Crippen LogP contribution in [0.3, 0.4) is 0 Å². The van der Waals surface area contributed by atoms with Crippen LogP contribution in [0.1, 0.15) is 6.92 Å². The van der Waals surface area contributed by atoms with Crippen LogP contribution in [0.5, 0.6) is 5.75 Å².